The lowest BCUT2D eigenvalue weighted by molar-refractivity contribution is 0.155. The molecule has 0 aromatic carbocycles. The first-order chi connectivity index (χ1) is 5.81. The Hall–Kier alpha value is -0.0800. The van der Waals surface area contributed by atoms with E-state index < -0.39 is 0 Å². The molecule has 2 heterocycles. The molecule has 0 aliphatic carbocycles. The molecular formula is C10H22N2. The van der Waals surface area contributed by atoms with Crippen molar-refractivity contribution in [3.63, 3.8) is 0 Å². The molecule has 0 aromatic rings. The SMILES string of the molecule is CC.CCN1CC2CC1CN2C. The number of rotatable bonds is 1. The third-order valence-corrected chi connectivity index (χ3v) is 3.03. The van der Waals surface area contributed by atoms with Gasteiger partial charge in [-0.1, -0.05) is 20.8 Å². The molecule has 0 N–H and O–H groups in total. The van der Waals surface area contributed by atoms with Crippen LogP contribution in [0.4, 0.5) is 0 Å². The summed E-state index contributed by atoms with van der Waals surface area (Å²) in [6.45, 7) is 10.1. The largest absolute Gasteiger partial charge is 0.301 e. The van der Waals surface area contributed by atoms with E-state index in [1.165, 1.54) is 26.1 Å². The first-order valence-electron chi connectivity index (χ1n) is 5.25. The van der Waals surface area contributed by atoms with Gasteiger partial charge in [-0.15, -0.1) is 0 Å². The van der Waals surface area contributed by atoms with Gasteiger partial charge in [0.1, 0.15) is 0 Å². The molecule has 2 nitrogen and oxygen atoms in total. The fourth-order valence-corrected chi connectivity index (χ4v) is 2.34. The van der Waals surface area contributed by atoms with E-state index in [9.17, 15) is 0 Å². The summed E-state index contributed by atoms with van der Waals surface area (Å²) in [7, 11) is 2.25. The highest BCUT2D eigenvalue weighted by Gasteiger charge is 2.40. The maximum absolute atomic E-state index is 2.60. The van der Waals surface area contributed by atoms with Crippen molar-refractivity contribution < 1.29 is 0 Å². The van der Waals surface area contributed by atoms with E-state index in [-0.39, 0.29) is 0 Å². The van der Waals surface area contributed by atoms with Gasteiger partial charge in [-0.3, -0.25) is 4.90 Å². The Morgan fingerprint density at radius 1 is 1.17 bits per heavy atom. The van der Waals surface area contributed by atoms with Gasteiger partial charge in [-0.25, -0.2) is 0 Å². The molecule has 2 aliphatic heterocycles. The highest BCUT2D eigenvalue weighted by Crippen LogP contribution is 2.28. The molecule has 2 unspecified atom stereocenters. The molecule has 0 radical (unpaired) electrons. The van der Waals surface area contributed by atoms with E-state index in [0.29, 0.717) is 0 Å². The lowest BCUT2D eigenvalue weighted by Crippen LogP contribution is -2.44. The monoisotopic (exact) mass is 170 g/mol. The molecule has 0 spiro atoms. The van der Waals surface area contributed by atoms with Gasteiger partial charge in [0.15, 0.2) is 0 Å². The molecule has 2 bridgehead atoms. The summed E-state index contributed by atoms with van der Waals surface area (Å²) >= 11 is 0. The van der Waals surface area contributed by atoms with Crippen LogP contribution in [0.1, 0.15) is 27.2 Å². The molecule has 72 valence electrons. The molecule has 2 atom stereocenters. The van der Waals surface area contributed by atoms with Crippen LogP contribution in [0.5, 0.6) is 0 Å². The van der Waals surface area contributed by atoms with E-state index >= 15 is 0 Å². The first kappa shape index (κ1) is 10.0. The molecular weight excluding hydrogens is 148 g/mol. The maximum Gasteiger partial charge on any atom is 0.0239 e. The minimum atomic E-state index is 0.880. The number of hydrogen-bond donors (Lipinski definition) is 0. The Morgan fingerprint density at radius 2 is 1.83 bits per heavy atom. The standard InChI is InChI=1S/C8H16N2.C2H6/c1-3-10-6-7-4-8(10)5-9(7)2;1-2/h7-8H,3-6H2,1-2H3;1-2H3. The van der Waals surface area contributed by atoms with E-state index in [4.69, 9.17) is 0 Å². The number of fused-ring (bicyclic) bond motifs is 2. The zero-order valence-corrected chi connectivity index (χ0v) is 8.88. The second-order valence-corrected chi connectivity index (χ2v) is 3.57. The first-order valence-corrected chi connectivity index (χ1v) is 5.25. The van der Waals surface area contributed by atoms with Gasteiger partial charge in [0, 0.05) is 25.2 Å². The summed E-state index contributed by atoms with van der Waals surface area (Å²) < 4.78 is 0. The van der Waals surface area contributed by atoms with Crippen LogP contribution < -0.4 is 0 Å². The number of piperazine rings is 1. The smallest absolute Gasteiger partial charge is 0.0239 e. The van der Waals surface area contributed by atoms with Gasteiger partial charge in [-0.2, -0.15) is 0 Å². The summed E-state index contributed by atoms with van der Waals surface area (Å²) in [5, 5.41) is 0. The molecule has 2 fully saturated rings. The number of nitrogens with zero attached hydrogens (tertiary/aromatic N) is 2. The lowest BCUT2D eigenvalue weighted by Gasteiger charge is -2.30. The molecule has 2 heteroatoms. The quantitative estimate of drug-likeness (QED) is 0.587. The van der Waals surface area contributed by atoms with Crippen molar-refractivity contribution in [2.45, 2.75) is 39.3 Å². The molecule has 12 heavy (non-hydrogen) atoms. The van der Waals surface area contributed by atoms with E-state index in [2.05, 4.69) is 23.8 Å². The summed E-state index contributed by atoms with van der Waals surface area (Å²) in [6.07, 6.45) is 1.42. The summed E-state index contributed by atoms with van der Waals surface area (Å²) in [6, 6.07) is 1.77. The lowest BCUT2D eigenvalue weighted by atomic mass is 10.2. The van der Waals surface area contributed by atoms with E-state index in [1.54, 1.807) is 0 Å². The van der Waals surface area contributed by atoms with Gasteiger partial charge < -0.3 is 4.90 Å². The Labute approximate surface area is 76.5 Å². The summed E-state index contributed by atoms with van der Waals surface area (Å²) in [4.78, 5) is 5.10. The molecule has 0 aromatic heterocycles. The van der Waals surface area contributed by atoms with Crippen LogP contribution >= 0.6 is 0 Å². The zero-order chi connectivity index (χ0) is 9.14. The van der Waals surface area contributed by atoms with Crippen LogP contribution in [-0.2, 0) is 0 Å². The van der Waals surface area contributed by atoms with Crippen LogP contribution in [0.2, 0.25) is 0 Å². The van der Waals surface area contributed by atoms with Crippen molar-refractivity contribution in [1.82, 2.24) is 9.80 Å². The van der Waals surface area contributed by atoms with E-state index in [0.717, 1.165) is 12.1 Å². The highest BCUT2D eigenvalue weighted by molar-refractivity contribution is 4.97. The second-order valence-electron chi connectivity index (χ2n) is 3.57. The Morgan fingerprint density at radius 3 is 2.17 bits per heavy atom. The van der Waals surface area contributed by atoms with Crippen molar-refractivity contribution in [1.29, 1.82) is 0 Å². The third kappa shape index (κ3) is 1.64. The predicted octanol–water partition coefficient (Wildman–Crippen LogP) is 1.42. The molecule has 2 saturated heterocycles. The van der Waals surface area contributed by atoms with Crippen LogP contribution in [0.3, 0.4) is 0 Å². The average Bonchev–Trinajstić information content (AvgIpc) is 2.65. The highest BCUT2D eigenvalue weighted by atomic mass is 15.3. The van der Waals surface area contributed by atoms with Crippen LogP contribution in [0.25, 0.3) is 0 Å². The Balaban J connectivity index is 0.000000336. The fraction of sp³-hybridized carbons (Fsp3) is 1.00. The van der Waals surface area contributed by atoms with Crippen molar-refractivity contribution in [3.05, 3.63) is 0 Å². The van der Waals surface area contributed by atoms with Crippen LogP contribution in [0.15, 0.2) is 0 Å². The zero-order valence-electron chi connectivity index (χ0n) is 8.88. The van der Waals surface area contributed by atoms with Gasteiger partial charge in [0.05, 0.1) is 0 Å². The second kappa shape index (κ2) is 4.24. The number of likely N-dealkylation sites (tertiary alicyclic amines) is 2. The molecule has 2 aliphatic rings. The third-order valence-electron chi connectivity index (χ3n) is 3.03. The van der Waals surface area contributed by atoms with Crippen LogP contribution in [0, 0.1) is 0 Å². The molecule has 0 amide bonds. The van der Waals surface area contributed by atoms with Crippen molar-refractivity contribution in [3.8, 4) is 0 Å². The summed E-state index contributed by atoms with van der Waals surface area (Å²) in [5.74, 6) is 0. The normalized spacial score (nSPS) is 35.0. The maximum atomic E-state index is 2.60. The van der Waals surface area contributed by atoms with Crippen molar-refractivity contribution in [2.75, 3.05) is 26.7 Å². The van der Waals surface area contributed by atoms with Gasteiger partial charge in [0.25, 0.3) is 0 Å². The number of likely N-dealkylation sites (N-methyl/N-ethyl adjacent to an activating group) is 2. The summed E-state index contributed by atoms with van der Waals surface area (Å²) in [5.41, 5.74) is 0. The van der Waals surface area contributed by atoms with Crippen molar-refractivity contribution >= 4 is 0 Å². The van der Waals surface area contributed by atoms with Gasteiger partial charge in [-0.05, 0) is 20.0 Å². The van der Waals surface area contributed by atoms with E-state index in [1.807, 2.05) is 13.8 Å². The number of hydrogen-bond acceptors (Lipinski definition) is 2. The topological polar surface area (TPSA) is 6.48 Å². The van der Waals surface area contributed by atoms with Gasteiger partial charge in [0.2, 0.25) is 0 Å². The Bertz CT molecular complexity index is 134. The fourth-order valence-electron chi connectivity index (χ4n) is 2.34. The average molecular weight is 170 g/mol. The minimum Gasteiger partial charge on any atom is -0.301 e. The predicted molar refractivity (Wildman–Crippen MR) is 53.4 cm³/mol. The minimum absolute atomic E-state index is 0.880. The van der Waals surface area contributed by atoms with Crippen molar-refractivity contribution in [2.24, 2.45) is 0 Å². The Kier molecular flexibility index (Phi) is 3.53. The van der Waals surface area contributed by atoms with Crippen LogP contribution in [-0.4, -0.2) is 48.6 Å². The van der Waals surface area contributed by atoms with Gasteiger partial charge >= 0.3 is 0 Å². The molecule has 0 saturated carbocycles. The molecule has 2 rings (SSSR count).